The molecule has 2 heterocycles. The van der Waals surface area contributed by atoms with Crippen LogP contribution >= 0.6 is 0 Å². The lowest BCUT2D eigenvalue weighted by atomic mass is 10.1. The molecule has 0 unspecified atom stereocenters. The Labute approximate surface area is 121 Å². The summed E-state index contributed by atoms with van der Waals surface area (Å²) in [7, 11) is 1.99. The molecule has 0 bridgehead atoms. The largest absolute Gasteiger partial charge is 0.388 e. The van der Waals surface area contributed by atoms with Gasteiger partial charge in [-0.05, 0) is 49.9 Å². The molecule has 0 amide bonds. The molecule has 3 heteroatoms. The number of aryl methyl sites for hydroxylation is 1. The number of hydrogen-bond donors (Lipinski definition) is 1. The molecule has 1 aliphatic heterocycles. The Bertz CT molecular complexity index is 600. The Morgan fingerprint density at radius 3 is 2.65 bits per heavy atom. The van der Waals surface area contributed by atoms with Crippen molar-refractivity contribution in [2.45, 2.75) is 32.6 Å². The van der Waals surface area contributed by atoms with E-state index in [0.717, 1.165) is 17.6 Å². The quantitative estimate of drug-likeness (QED) is 0.918. The van der Waals surface area contributed by atoms with Crippen LogP contribution in [0.1, 0.15) is 31.9 Å². The van der Waals surface area contributed by atoms with Crippen molar-refractivity contribution in [3.05, 3.63) is 30.0 Å². The van der Waals surface area contributed by atoms with E-state index in [0.29, 0.717) is 0 Å². The van der Waals surface area contributed by atoms with Crippen molar-refractivity contribution in [1.82, 2.24) is 4.98 Å². The topological polar surface area (TPSA) is 28.2 Å². The number of rotatable bonds is 3. The first-order valence-electron chi connectivity index (χ1n) is 7.68. The second-order valence-electron chi connectivity index (χ2n) is 5.51. The maximum Gasteiger partial charge on any atom is 0.0727 e. The first-order valence-corrected chi connectivity index (χ1v) is 7.68. The number of hydrogen-bond acceptors (Lipinski definition) is 3. The van der Waals surface area contributed by atoms with Gasteiger partial charge in [-0.25, -0.2) is 0 Å². The second kappa shape index (κ2) is 5.70. The Morgan fingerprint density at radius 1 is 1.15 bits per heavy atom. The third kappa shape index (κ3) is 2.45. The van der Waals surface area contributed by atoms with Gasteiger partial charge in [0.05, 0.1) is 5.52 Å². The fraction of sp³-hybridized carbons (Fsp3) is 0.471. The van der Waals surface area contributed by atoms with E-state index in [2.05, 4.69) is 41.4 Å². The van der Waals surface area contributed by atoms with Crippen molar-refractivity contribution in [2.24, 2.45) is 0 Å². The van der Waals surface area contributed by atoms with E-state index in [4.69, 9.17) is 4.98 Å². The van der Waals surface area contributed by atoms with Crippen LogP contribution in [0.4, 0.5) is 11.4 Å². The number of benzene rings is 1. The molecule has 1 aliphatic rings. The summed E-state index contributed by atoms with van der Waals surface area (Å²) in [6, 6.07) is 8.85. The van der Waals surface area contributed by atoms with Gasteiger partial charge in [0.1, 0.15) is 0 Å². The van der Waals surface area contributed by atoms with Crippen LogP contribution in [0, 0.1) is 0 Å². The predicted octanol–water partition coefficient (Wildman–Crippen LogP) is 3.83. The molecule has 1 N–H and O–H groups in total. The molecular weight excluding hydrogens is 246 g/mol. The van der Waals surface area contributed by atoms with Gasteiger partial charge < -0.3 is 10.2 Å². The van der Waals surface area contributed by atoms with Crippen LogP contribution in [-0.4, -0.2) is 25.1 Å². The molecule has 106 valence electrons. The number of piperidine rings is 1. The zero-order valence-electron chi connectivity index (χ0n) is 12.4. The van der Waals surface area contributed by atoms with E-state index < -0.39 is 0 Å². The number of anilines is 2. The van der Waals surface area contributed by atoms with Crippen LogP contribution in [0.2, 0.25) is 0 Å². The molecule has 3 nitrogen and oxygen atoms in total. The molecule has 1 fully saturated rings. The van der Waals surface area contributed by atoms with Crippen molar-refractivity contribution in [1.29, 1.82) is 0 Å². The molecule has 20 heavy (non-hydrogen) atoms. The molecule has 1 saturated heterocycles. The average Bonchev–Trinajstić information content (AvgIpc) is 2.54. The number of pyridine rings is 1. The summed E-state index contributed by atoms with van der Waals surface area (Å²) in [6.07, 6.45) is 4.96. The van der Waals surface area contributed by atoms with Crippen LogP contribution in [0.3, 0.4) is 0 Å². The lowest BCUT2D eigenvalue weighted by molar-refractivity contribution is 0.578. The summed E-state index contributed by atoms with van der Waals surface area (Å²) in [6.45, 7) is 4.51. The fourth-order valence-electron chi connectivity index (χ4n) is 3.01. The highest BCUT2D eigenvalue weighted by molar-refractivity contribution is 5.93. The standard InChI is InChI=1S/C17H23N3/c1-3-13-11-17(18-2)15-12-14(7-8-16(15)19-13)20-9-5-4-6-10-20/h7-8,11-12H,3-6,9-10H2,1-2H3,(H,18,19). The Hall–Kier alpha value is -1.77. The average molecular weight is 269 g/mol. The summed E-state index contributed by atoms with van der Waals surface area (Å²) in [4.78, 5) is 7.23. The third-order valence-corrected chi connectivity index (χ3v) is 4.20. The van der Waals surface area contributed by atoms with Crippen LogP contribution in [0.25, 0.3) is 10.9 Å². The molecule has 3 rings (SSSR count). The minimum atomic E-state index is 0.971. The maximum atomic E-state index is 4.73. The summed E-state index contributed by atoms with van der Waals surface area (Å²) in [5.74, 6) is 0. The van der Waals surface area contributed by atoms with Gasteiger partial charge in [0.2, 0.25) is 0 Å². The minimum Gasteiger partial charge on any atom is -0.388 e. The van der Waals surface area contributed by atoms with E-state index >= 15 is 0 Å². The molecule has 1 aromatic heterocycles. The van der Waals surface area contributed by atoms with Gasteiger partial charge in [-0.15, -0.1) is 0 Å². The summed E-state index contributed by atoms with van der Waals surface area (Å²) in [5, 5.41) is 4.55. The van der Waals surface area contributed by atoms with Crippen molar-refractivity contribution >= 4 is 22.3 Å². The van der Waals surface area contributed by atoms with E-state index in [-0.39, 0.29) is 0 Å². The van der Waals surface area contributed by atoms with Crippen molar-refractivity contribution in [3.63, 3.8) is 0 Å². The molecule has 0 saturated carbocycles. The van der Waals surface area contributed by atoms with E-state index in [1.165, 1.54) is 49.1 Å². The molecule has 0 atom stereocenters. The highest BCUT2D eigenvalue weighted by atomic mass is 15.1. The fourth-order valence-corrected chi connectivity index (χ4v) is 3.01. The summed E-state index contributed by atoms with van der Waals surface area (Å²) in [5.41, 5.74) is 4.76. The molecular formula is C17H23N3. The highest BCUT2D eigenvalue weighted by Gasteiger charge is 2.12. The number of nitrogens with zero attached hydrogens (tertiary/aromatic N) is 2. The summed E-state index contributed by atoms with van der Waals surface area (Å²) < 4.78 is 0. The monoisotopic (exact) mass is 269 g/mol. The van der Waals surface area contributed by atoms with Crippen molar-refractivity contribution in [3.8, 4) is 0 Å². The van der Waals surface area contributed by atoms with Crippen molar-refractivity contribution < 1.29 is 0 Å². The SMILES string of the molecule is CCc1cc(NC)c2cc(N3CCCCC3)ccc2n1. The van der Waals surface area contributed by atoms with Gasteiger partial charge >= 0.3 is 0 Å². The molecule has 1 aromatic carbocycles. The lowest BCUT2D eigenvalue weighted by Crippen LogP contribution is -2.29. The number of fused-ring (bicyclic) bond motifs is 1. The first-order chi connectivity index (χ1) is 9.81. The first kappa shape index (κ1) is 13.2. The predicted molar refractivity (Wildman–Crippen MR) is 86.7 cm³/mol. The van der Waals surface area contributed by atoms with Crippen molar-refractivity contribution in [2.75, 3.05) is 30.4 Å². The van der Waals surface area contributed by atoms with E-state index in [9.17, 15) is 0 Å². The Balaban J connectivity index is 2.05. The summed E-state index contributed by atoms with van der Waals surface area (Å²) >= 11 is 0. The van der Waals surface area contributed by atoms with Gasteiger partial charge in [-0.3, -0.25) is 4.98 Å². The van der Waals surface area contributed by atoms with Gasteiger partial charge in [-0.1, -0.05) is 6.92 Å². The maximum absolute atomic E-state index is 4.73. The highest BCUT2D eigenvalue weighted by Crippen LogP contribution is 2.29. The van der Waals surface area contributed by atoms with E-state index in [1.54, 1.807) is 0 Å². The van der Waals surface area contributed by atoms with Gasteiger partial charge in [0, 0.05) is 42.6 Å². The smallest absolute Gasteiger partial charge is 0.0727 e. The van der Waals surface area contributed by atoms with Crippen LogP contribution in [0.5, 0.6) is 0 Å². The molecule has 0 aliphatic carbocycles. The molecule has 2 aromatic rings. The Kier molecular flexibility index (Phi) is 3.77. The van der Waals surface area contributed by atoms with Gasteiger partial charge in [-0.2, -0.15) is 0 Å². The zero-order chi connectivity index (χ0) is 13.9. The zero-order valence-corrected chi connectivity index (χ0v) is 12.4. The van der Waals surface area contributed by atoms with Gasteiger partial charge in [0.15, 0.2) is 0 Å². The number of nitrogens with one attached hydrogen (secondary N) is 1. The van der Waals surface area contributed by atoms with Crippen LogP contribution < -0.4 is 10.2 Å². The third-order valence-electron chi connectivity index (χ3n) is 4.20. The van der Waals surface area contributed by atoms with Crippen LogP contribution in [-0.2, 0) is 6.42 Å². The van der Waals surface area contributed by atoms with Crippen LogP contribution in [0.15, 0.2) is 24.3 Å². The van der Waals surface area contributed by atoms with Gasteiger partial charge in [0.25, 0.3) is 0 Å². The normalized spacial score (nSPS) is 15.6. The lowest BCUT2D eigenvalue weighted by Gasteiger charge is -2.29. The minimum absolute atomic E-state index is 0.971. The molecule has 0 spiro atoms. The molecule has 0 radical (unpaired) electrons. The Morgan fingerprint density at radius 2 is 1.95 bits per heavy atom. The second-order valence-corrected chi connectivity index (χ2v) is 5.51. The number of aromatic nitrogens is 1. The van der Waals surface area contributed by atoms with E-state index in [1.807, 2.05) is 7.05 Å².